The number of hydrogen-bond donors (Lipinski definition) is 0. The fourth-order valence-electron chi connectivity index (χ4n) is 8.48. The number of rotatable bonds is 10. The Morgan fingerprint density at radius 1 is 0.628 bits per heavy atom. The van der Waals surface area contributed by atoms with Crippen LogP contribution in [0.4, 0.5) is 26.3 Å². The van der Waals surface area contributed by atoms with Crippen molar-refractivity contribution in [1.82, 2.24) is 8.61 Å². The van der Waals surface area contributed by atoms with E-state index in [1.807, 2.05) is 45.2 Å². The second kappa shape index (κ2) is 14.2. The molecule has 4 saturated carbocycles. The maximum absolute atomic E-state index is 14.0. The molecule has 43 heavy (non-hydrogen) atoms. The third-order valence-corrected chi connectivity index (χ3v) is 14.3. The van der Waals surface area contributed by atoms with Crippen LogP contribution < -0.4 is 0 Å². The number of sulfonamides is 2. The summed E-state index contributed by atoms with van der Waals surface area (Å²) in [4.78, 5) is 0. The minimum absolute atomic E-state index is 0.0143. The molecule has 0 aromatic heterocycles. The highest BCUT2D eigenvalue weighted by molar-refractivity contribution is 14.1. The third kappa shape index (κ3) is 7.42. The van der Waals surface area contributed by atoms with Gasteiger partial charge in [-0.15, -0.1) is 0 Å². The molecule has 0 spiro atoms. The summed E-state index contributed by atoms with van der Waals surface area (Å²) in [6.07, 6.45) is 10.1. The van der Waals surface area contributed by atoms with Gasteiger partial charge in [-0.2, -0.15) is 35.0 Å². The van der Waals surface area contributed by atoms with Crippen LogP contribution >= 0.6 is 45.2 Å². The van der Waals surface area contributed by atoms with Crippen molar-refractivity contribution in [2.24, 2.45) is 35.5 Å². The van der Waals surface area contributed by atoms with Gasteiger partial charge in [-0.3, -0.25) is 0 Å². The predicted octanol–water partition coefficient (Wildman–Crippen LogP) is 7.97. The van der Waals surface area contributed by atoms with E-state index in [1.165, 1.54) is 0 Å². The summed E-state index contributed by atoms with van der Waals surface area (Å²) >= 11 is 3.90. The predicted molar refractivity (Wildman–Crippen MR) is 169 cm³/mol. The largest absolute Gasteiger partial charge is 0.511 e. The van der Waals surface area contributed by atoms with Crippen molar-refractivity contribution < 1.29 is 43.2 Å². The number of hydrogen-bond acceptors (Lipinski definition) is 4. The van der Waals surface area contributed by atoms with E-state index < -0.39 is 74.5 Å². The summed E-state index contributed by atoms with van der Waals surface area (Å²) in [5.41, 5.74) is -11.2. The lowest BCUT2D eigenvalue weighted by atomic mass is 9.78. The number of halogens is 8. The lowest BCUT2D eigenvalue weighted by Crippen LogP contribution is -2.51. The van der Waals surface area contributed by atoms with Crippen LogP contribution in [0, 0.1) is 35.5 Å². The summed E-state index contributed by atoms with van der Waals surface area (Å²) < 4.78 is 140. The van der Waals surface area contributed by atoms with E-state index in [0.717, 1.165) is 51.4 Å². The molecule has 0 saturated heterocycles. The van der Waals surface area contributed by atoms with Crippen molar-refractivity contribution >= 4 is 65.2 Å². The minimum Gasteiger partial charge on any atom is -0.203 e. The van der Waals surface area contributed by atoms with Crippen molar-refractivity contribution in [3.05, 3.63) is 20.3 Å². The van der Waals surface area contributed by atoms with Crippen molar-refractivity contribution in [3.8, 4) is 0 Å². The molecule has 0 radical (unpaired) electrons. The Labute approximate surface area is 277 Å². The maximum Gasteiger partial charge on any atom is 0.511 e. The molecular weight excluding hydrogens is 848 g/mol. The topological polar surface area (TPSA) is 74.8 Å². The first-order valence-electron chi connectivity index (χ1n) is 14.8. The van der Waals surface area contributed by atoms with Gasteiger partial charge in [-0.05, 0) is 75.8 Å². The van der Waals surface area contributed by atoms with Gasteiger partial charge in [0.15, 0.2) is 0 Å². The van der Waals surface area contributed by atoms with E-state index in [-0.39, 0.29) is 36.5 Å². The number of nitrogens with zero attached hydrogens (tertiary/aromatic N) is 2. The molecule has 6 nitrogen and oxygen atoms in total. The van der Waals surface area contributed by atoms with Gasteiger partial charge in [-0.25, -0.2) is 16.8 Å². The average molecular weight is 887 g/mol. The van der Waals surface area contributed by atoms with E-state index in [2.05, 4.69) is 0 Å². The second-order valence-corrected chi connectivity index (χ2v) is 17.5. The van der Waals surface area contributed by atoms with Gasteiger partial charge in [0, 0.05) is 25.2 Å². The Morgan fingerprint density at radius 2 is 0.977 bits per heavy atom. The zero-order valence-electron chi connectivity index (χ0n) is 23.5. The molecule has 0 bridgehead atoms. The molecule has 0 unspecified atom stereocenters. The molecule has 0 heterocycles. The van der Waals surface area contributed by atoms with E-state index >= 15 is 0 Å². The first-order valence-corrected chi connectivity index (χ1v) is 20.1. The van der Waals surface area contributed by atoms with E-state index in [1.54, 1.807) is 20.3 Å². The number of alkyl halides is 6. The normalized spacial score (nSPS) is 34.5. The monoisotopic (exact) mass is 886 g/mol. The molecule has 0 aliphatic heterocycles. The fourth-order valence-corrected chi connectivity index (χ4v) is 11.9. The molecule has 4 aliphatic rings. The first kappa shape index (κ1) is 36.2. The van der Waals surface area contributed by atoms with Gasteiger partial charge in [-0.1, -0.05) is 95.9 Å². The lowest BCUT2D eigenvalue weighted by Gasteiger charge is -2.35. The third-order valence-electron chi connectivity index (χ3n) is 10.2. The van der Waals surface area contributed by atoms with Gasteiger partial charge in [0.1, 0.15) is 0 Å². The zero-order valence-corrected chi connectivity index (χ0v) is 29.4. The Bertz CT molecular complexity index is 1150. The Balaban J connectivity index is 1.65. The summed E-state index contributed by atoms with van der Waals surface area (Å²) in [7, 11) is -11.7. The molecule has 4 rings (SSSR count). The maximum atomic E-state index is 14.0. The zero-order chi connectivity index (χ0) is 31.8. The van der Waals surface area contributed by atoms with Gasteiger partial charge in [0.05, 0.1) is 0 Å². The summed E-state index contributed by atoms with van der Waals surface area (Å²) in [5.74, 6) is -0.809. The van der Waals surface area contributed by atoms with E-state index in [0.29, 0.717) is 8.61 Å². The summed E-state index contributed by atoms with van der Waals surface area (Å²) in [5, 5.41) is 0. The van der Waals surface area contributed by atoms with Crippen LogP contribution in [0.25, 0.3) is 0 Å². The van der Waals surface area contributed by atoms with Gasteiger partial charge < -0.3 is 0 Å². The Hall–Kier alpha value is 0.340. The quantitative estimate of drug-likeness (QED) is 0.165. The smallest absolute Gasteiger partial charge is 0.203 e. The van der Waals surface area contributed by atoms with Crippen molar-refractivity contribution in [2.75, 3.05) is 13.1 Å². The van der Waals surface area contributed by atoms with Crippen LogP contribution in [0.2, 0.25) is 0 Å². The fraction of sp³-hybridized carbons (Fsp3) is 0.852. The van der Waals surface area contributed by atoms with Crippen molar-refractivity contribution in [1.29, 1.82) is 0 Å². The molecule has 0 aromatic rings. The first-order chi connectivity index (χ1) is 20.1. The molecule has 0 N–H and O–H groups in total. The Morgan fingerprint density at radius 3 is 1.30 bits per heavy atom. The standard InChI is InChI=1S/C27H38F6I2N2O4S2/c28-26(29,30)42(38,39)36(24-16-18-6-1-3-8-20(18)22(24)10-12-34)14-5-15-37(43(40,41)27(31,32)33)25-17-19-7-2-4-9-21(19)23(25)11-13-35/h10-13,18-25H,1-9,14-17H2/b12-10+,13-11+/t18-,19-,20+,21+,22-,23-,24+,25+/m1/s1. The molecule has 8 atom stereocenters. The molecule has 16 heteroatoms. The SMILES string of the molecule is O=S(=O)(N(CCCN([C@H]1C[C@H]2CCCC[C@@H]2[C@H]1/C=C/I)S(=O)(=O)C(F)(F)F)[C@H]1C[C@H]2CCCC[C@@H]2[C@H]1/C=C/I)C(F)(F)F. The van der Waals surface area contributed by atoms with Crippen LogP contribution in [0.15, 0.2) is 20.3 Å². The highest BCUT2D eigenvalue weighted by Crippen LogP contribution is 2.51. The number of fused-ring (bicyclic) bond motifs is 2. The minimum atomic E-state index is -5.84. The molecule has 4 fully saturated rings. The van der Waals surface area contributed by atoms with E-state index in [4.69, 9.17) is 0 Å². The summed E-state index contributed by atoms with van der Waals surface area (Å²) in [6.45, 7) is -1.46. The highest BCUT2D eigenvalue weighted by atomic mass is 127. The average Bonchev–Trinajstić information content (AvgIpc) is 3.46. The van der Waals surface area contributed by atoms with Gasteiger partial charge in [0.2, 0.25) is 0 Å². The molecule has 0 amide bonds. The van der Waals surface area contributed by atoms with Crippen LogP contribution in [0.3, 0.4) is 0 Å². The van der Waals surface area contributed by atoms with Gasteiger partial charge in [0.25, 0.3) is 0 Å². The molecular formula is C27H38F6I2N2O4S2. The van der Waals surface area contributed by atoms with E-state index in [9.17, 15) is 43.2 Å². The lowest BCUT2D eigenvalue weighted by molar-refractivity contribution is -0.0510. The van der Waals surface area contributed by atoms with Gasteiger partial charge >= 0.3 is 31.1 Å². The van der Waals surface area contributed by atoms with Crippen LogP contribution in [0.1, 0.15) is 70.6 Å². The van der Waals surface area contributed by atoms with Crippen LogP contribution in [-0.4, -0.2) is 61.6 Å². The molecule has 0 aromatic carbocycles. The highest BCUT2D eigenvalue weighted by Gasteiger charge is 2.58. The summed E-state index contributed by atoms with van der Waals surface area (Å²) in [6, 6.07) is -2.02. The van der Waals surface area contributed by atoms with Crippen LogP contribution in [0.5, 0.6) is 0 Å². The second-order valence-electron chi connectivity index (χ2n) is 12.3. The molecule has 4 aliphatic carbocycles. The molecule has 248 valence electrons. The van der Waals surface area contributed by atoms with Crippen LogP contribution in [-0.2, 0) is 20.0 Å². The Kier molecular flexibility index (Phi) is 12.0. The van der Waals surface area contributed by atoms with Crippen molar-refractivity contribution in [2.45, 2.75) is 93.7 Å². The van der Waals surface area contributed by atoms with Crippen molar-refractivity contribution in [3.63, 3.8) is 0 Å².